The molecule has 0 unspecified atom stereocenters. The highest BCUT2D eigenvalue weighted by molar-refractivity contribution is 5.95. The molecule has 1 saturated carbocycles. The number of carbonyl (C=O) groups excluding carboxylic acids is 2. The van der Waals surface area contributed by atoms with E-state index in [1.807, 2.05) is 31.2 Å². The third kappa shape index (κ3) is 3.47. The summed E-state index contributed by atoms with van der Waals surface area (Å²) in [6.07, 6.45) is 4.82. The summed E-state index contributed by atoms with van der Waals surface area (Å²) in [6.45, 7) is 2.01. The van der Waals surface area contributed by atoms with Crippen molar-refractivity contribution in [1.82, 2.24) is 5.32 Å². The molecular weight excluding hydrogens is 278 g/mol. The van der Waals surface area contributed by atoms with Crippen LogP contribution in [0.25, 0.3) is 0 Å². The van der Waals surface area contributed by atoms with E-state index in [9.17, 15) is 9.59 Å². The van der Waals surface area contributed by atoms with Crippen molar-refractivity contribution in [1.29, 1.82) is 0 Å². The van der Waals surface area contributed by atoms with E-state index in [-0.39, 0.29) is 30.3 Å². The van der Waals surface area contributed by atoms with Gasteiger partial charge in [-0.15, -0.1) is 0 Å². The summed E-state index contributed by atoms with van der Waals surface area (Å²) in [5.41, 5.74) is 1.93. The highest BCUT2D eigenvalue weighted by atomic mass is 16.2. The van der Waals surface area contributed by atoms with Crippen molar-refractivity contribution < 1.29 is 14.9 Å². The Bertz CT molecular complexity index is 556. The van der Waals surface area contributed by atoms with Crippen LogP contribution in [0.15, 0.2) is 24.3 Å². The number of carbonyl (C=O) groups is 2. The number of fused-ring (bicyclic) bond motifs is 1. The van der Waals surface area contributed by atoms with Crippen LogP contribution in [-0.2, 0) is 9.59 Å². The van der Waals surface area contributed by atoms with E-state index in [1.165, 1.54) is 12.8 Å². The number of nitrogens with one attached hydrogen (secondary N) is 2. The first-order chi connectivity index (χ1) is 10.6. The average molecular weight is 302 g/mol. The molecule has 5 nitrogen and oxygen atoms in total. The fraction of sp³-hybridized carbons (Fsp3) is 0.529. The maximum atomic E-state index is 12.2. The first-order valence-corrected chi connectivity index (χ1v) is 8.14. The highest BCUT2D eigenvalue weighted by Gasteiger charge is 2.40. The van der Waals surface area contributed by atoms with Crippen LogP contribution in [0.4, 0.5) is 5.69 Å². The molecule has 1 aromatic carbocycles. The molecule has 118 valence electrons. The van der Waals surface area contributed by atoms with Crippen LogP contribution in [0, 0.1) is 6.92 Å². The van der Waals surface area contributed by atoms with Gasteiger partial charge in [0.05, 0.1) is 12.5 Å². The summed E-state index contributed by atoms with van der Waals surface area (Å²) in [5.74, 6) is -0.100. The number of aryl methyl sites for hydroxylation is 1. The molecule has 1 aliphatic carbocycles. The van der Waals surface area contributed by atoms with Gasteiger partial charge in [0, 0.05) is 12.1 Å². The first kappa shape index (κ1) is 15.0. The average Bonchev–Trinajstić information content (AvgIpc) is 2.50. The van der Waals surface area contributed by atoms with Gasteiger partial charge < -0.3 is 16.0 Å². The van der Waals surface area contributed by atoms with Crippen molar-refractivity contribution in [2.45, 2.75) is 57.2 Å². The van der Waals surface area contributed by atoms with Crippen LogP contribution in [0.5, 0.6) is 0 Å². The molecule has 22 heavy (non-hydrogen) atoms. The monoisotopic (exact) mass is 302 g/mol. The van der Waals surface area contributed by atoms with Gasteiger partial charge in [0.25, 0.3) is 5.91 Å². The van der Waals surface area contributed by atoms with E-state index in [4.69, 9.17) is 0 Å². The number of rotatable bonds is 3. The third-order valence-electron chi connectivity index (χ3n) is 4.70. The maximum Gasteiger partial charge on any atom is 0.279 e. The van der Waals surface area contributed by atoms with Gasteiger partial charge in [-0.1, -0.05) is 24.1 Å². The van der Waals surface area contributed by atoms with Gasteiger partial charge in [0.15, 0.2) is 6.04 Å². The molecule has 1 aliphatic heterocycles. The lowest BCUT2D eigenvalue weighted by atomic mass is 9.87. The minimum Gasteiger partial charge on any atom is -0.342 e. The molecule has 0 radical (unpaired) electrons. The largest absolute Gasteiger partial charge is 0.342 e. The second kappa shape index (κ2) is 6.48. The number of piperazine rings is 1. The van der Waals surface area contributed by atoms with Gasteiger partial charge in [-0.2, -0.15) is 0 Å². The predicted molar refractivity (Wildman–Crippen MR) is 84.3 cm³/mol. The number of anilines is 1. The zero-order chi connectivity index (χ0) is 15.5. The fourth-order valence-corrected chi connectivity index (χ4v) is 3.45. The summed E-state index contributed by atoms with van der Waals surface area (Å²) >= 11 is 0. The Hall–Kier alpha value is -1.88. The normalized spacial score (nSPS) is 27.7. The van der Waals surface area contributed by atoms with Crippen LogP contribution in [0.1, 0.15) is 37.7 Å². The Morgan fingerprint density at radius 1 is 1.27 bits per heavy atom. The van der Waals surface area contributed by atoms with Crippen LogP contribution in [0.3, 0.4) is 0 Å². The molecule has 4 N–H and O–H groups in total. The smallest absolute Gasteiger partial charge is 0.279 e. The Kier molecular flexibility index (Phi) is 4.43. The standard InChI is InChI=1S/C17H23N3O2/c1-11-6-8-12(9-7-11)18-16(21)10-15-17(22)20-14-5-3-2-4-13(14)19-15/h6-9,13-15,19H,2-5,10H2,1H3,(H,18,21)(H,20,22)/p+1/t13-,14-,15+/m0/s1. The van der Waals surface area contributed by atoms with Gasteiger partial charge in [-0.05, 0) is 31.9 Å². The lowest BCUT2D eigenvalue weighted by molar-refractivity contribution is -0.718. The molecular formula is C17H24N3O2+. The number of nitrogens with two attached hydrogens (primary N) is 1. The summed E-state index contributed by atoms with van der Waals surface area (Å²) in [6, 6.07) is 8.11. The molecule has 0 aromatic heterocycles. The molecule has 3 atom stereocenters. The molecule has 3 rings (SSSR count). The molecule has 0 bridgehead atoms. The SMILES string of the molecule is Cc1ccc(NC(=O)C[C@H]2[NH2+][C@H]3CCCC[C@@H]3NC2=O)cc1. The summed E-state index contributed by atoms with van der Waals surface area (Å²) < 4.78 is 0. The number of hydrogen-bond donors (Lipinski definition) is 3. The molecule has 1 heterocycles. The first-order valence-electron chi connectivity index (χ1n) is 8.14. The molecule has 2 aliphatic rings. The van der Waals surface area contributed by atoms with Gasteiger partial charge in [-0.3, -0.25) is 9.59 Å². The maximum absolute atomic E-state index is 12.2. The Morgan fingerprint density at radius 3 is 2.77 bits per heavy atom. The van der Waals surface area contributed by atoms with E-state index in [1.54, 1.807) is 0 Å². The molecule has 5 heteroatoms. The summed E-state index contributed by atoms with van der Waals surface area (Å²) in [7, 11) is 0. The quantitative estimate of drug-likeness (QED) is 0.769. The van der Waals surface area contributed by atoms with Crippen LogP contribution in [0.2, 0.25) is 0 Å². The molecule has 2 fully saturated rings. The van der Waals surface area contributed by atoms with Crippen molar-refractivity contribution in [3.63, 3.8) is 0 Å². The van der Waals surface area contributed by atoms with Crippen LogP contribution >= 0.6 is 0 Å². The van der Waals surface area contributed by atoms with E-state index < -0.39 is 0 Å². The predicted octanol–water partition coefficient (Wildman–Crippen LogP) is 0.697. The zero-order valence-corrected chi connectivity index (χ0v) is 13.0. The second-order valence-corrected chi connectivity index (χ2v) is 6.48. The molecule has 0 spiro atoms. The molecule has 2 amide bonds. The van der Waals surface area contributed by atoms with Crippen LogP contribution in [-0.4, -0.2) is 29.9 Å². The third-order valence-corrected chi connectivity index (χ3v) is 4.70. The number of amides is 2. The summed E-state index contributed by atoms with van der Waals surface area (Å²) in [4.78, 5) is 24.3. The van der Waals surface area contributed by atoms with E-state index in [2.05, 4.69) is 16.0 Å². The fourth-order valence-electron chi connectivity index (χ4n) is 3.45. The number of hydrogen-bond acceptors (Lipinski definition) is 2. The van der Waals surface area contributed by atoms with Gasteiger partial charge in [-0.25, -0.2) is 0 Å². The van der Waals surface area contributed by atoms with Crippen molar-refractivity contribution in [2.75, 3.05) is 5.32 Å². The van der Waals surface area contributed by atoms with Gasteiger partial charge in [0.1, 0.15) is 6.04 Å². The van der Waals surface area contributed by atoms with Crippen molar-refractivity contribution >= 4 is 17.5 Å². The Labute approximate surface area is 130 Å². The molecule has 1 saturated heterocycles. The molecule has 1 aromatic rings. The van der Waals surface area contributed by atoms with Gasteiger partial charge in [0.2, 0.25) is 5.91 Å². The number of quaternary nitrogens is 1. The minimum atomic E-state index is -0.301. The Balaban J connectivity index is 1.56. The van der Waals surface area contributed by atoms with Gasteiger partial charge >= 0.3 is 0 Å². The second-order valence-electron chi connectivity index (χ2n) is 6.48. The topological polar surface area (TPSA) is 74.8 Å². The number of benzene rings is 1. The van der Waals surface area contributed by atoms with Crippen molar-refractivity contribution in [3.05, 3.63) is 29.8 Å². The summed E-state index contributed by atoms with van der Waals surface area (Å²) in [5, 5.41) is 8.07. The van der Waals surface area contributed by atoms with E-state index in [0.717, 1.165) is 24.1 Å². The van der Waals surface area contributed by atoms with E-state index in [0.29, 0.717) is 6.04 Å². The lowest BCUT2D eigenvalue weighted by Gasteiger charge is -2.37. The lowest BCUT2D eigenvalue weighted by Crippen LogP contribution is -3.03. The Morgan fingerprint density at radius 2 is 2.00 bits per heavy atom. The van der Waals surface area contributed by atoms with E-state index >= 15 is 0 Å². The van der Waals surface area contributed by atoms with Crippen LogP contribution < -0.4 is 16.0 Å². The minimum absolute atomic E-state index is 0.00204. The van der Waals surface area contributed by atoms with Crippen molar-refractivity contribution in [2.24, 2.45) is 0 Å². The highest BCUT2D eigenvalue weighted by Crippen LogP contribution is 2.18. The zero-order valence-electron chi connectivity index (χ0n) is 13.0. The van der Waals surface area contributed by atoms with Crippen molar-refractivity contribution in [3.8, 4) is 0 Å².